The summed E-state index contributed by atoms with van der Waals surface area (Å²) >= 11 is 0. The fraction of sp³-hybridized carbons (Fsp3) is 0.360. The number of hydrogen-bond acceptors (Lipinski definition) is 4. The van der Waals surface area contributed by atoms with Crippen LogP contribution in [-0.2, 0) is 16.1 Å². The monoisotopic (exact) mass is 422 g/mol. The SMILES string of the molecule is Cc1cc(C2=CCN(C(=O)OC(C)(C)C)CC2)ccc1NC(=O)OCc1ccccc1. The van der Waals surface area contributed by atoms with Crippen LogP contribution >= 0.6 is 0 Å². The summed E-state index contributed by atoms with van der Waals surface area (Å²) in [6, 6.07) is 15.5. The fourth-order valence-corrected chi connectivity index (χ4v) is 3.30. The van der Waals surface area contributed by atoms with Crippen LogP contribution < -0.4 is 5.32 Å². The van der Waals surface area contributed by atoms with E-state index in [0.717, 1.165) is 23.1 Å². The van der Waals surface area contributed by atoms with Crippen molar-refractivity contribution in [3.8, 4) is 0 Å². The first-order valence-electron chi connectivity index (χ1n) is 10.5. The quantitative estimate of drug-likeness (QED) is 0.679. The molecule has 1 aliphatic heterocycles. The number of benzene rings is 2. The van der Waals surface area contributed by atoms with Crippen LogP contribution in [0.15, 0.2) is 54.6 Å². The average Bonchev–Trinajstić information content (AvgIpc) is 2.73. The predicted octanol–water partition coefficient (Wildman–Crippen LogP) is 5.77. The molecule has 0 aromatic heterocycles. The minimum absolute atomic E-state index is 0.227. The second-order valence-electron chi connectivity index (χ2n) is 8.62. The van der Waals surface area contributed by atoms with Gasteiger partial charge < -0.3 is 14.4 Å². The van der Waals surface area contributed by atoms with Crippen molar-refractivity contribution in [3.63, 3.8) is 0 Å². The molecule has 6 heteroatoms. The number of carbonyl (C=O) groups excluding carboxylic acids is 2. The van der Waals surface area contributed by atoms with Crippen LogP contribution in [0.2, 0.25) is 0 Å². The lowest BCUT2D eigenvalue weighted by Gasteiger charge is -2.29. The van der Waals surface area contributed by atoms with Crippen LogP contribution in [0.1, 0.15) is 43.9 Å². The highest BCUT2D eigenvalue weighted by molar-refractivity contribution is 5.86. The molecule has 0 saturated carbocycles. The highest BCUT2D eigenvalue weighted by Crippen LogP contribution is 2.27. The molecule has 2 amide bonds. The largest absolute Gasteiger partial charge is 0.444 e. The Balaban J connectivity index is 1.57. The van der Waals surface area contributed by atoms with E-state index in [1.54, 1.807) is 4.90 Å². The third kappa shape index (κ3) is 6.60. The maximum Gasteiger partial charge on any atom is 0.411 e. The zero-order chi connectivity index (χ0) is 22.4. The molecule has 1 N–H and O–H groups in total. The summed E-state index contributed by atoms with van der Waals surface area (Å²) < 4.78 is 10.7. The molecule has 0 bridgehead atoms. The molecule has 0 spiro atoms. The number of aryl methyl sites for hydroxylation is 1. The van der Waals surface area contributed by atoms with Gasteiger partial charge in [0, 0.05) is 18.8 Å². The summed E-state index contributed by atoms with van der Waals surface area (Å²) in [5, 5.41) is 2.80. The number of rotatable bonds is 4. The van der Waals surface area contributed by atoms with Gasteiger partial charge in [-0.2, -0.15) is 0 Å². The number of nitrogens with one attached hydrogen (secondary N) is 1. The second-order valence-corrected chi connectivity index (χ2v) is 8.62. The molecule has 2 aromatic carbocycles. The van der Waals surface area contributed by atoms with Crippen LogP contribution in [0.4, 0.5) is 15.3 Å². The second kappa shape index (κ2) is 9.69. The molecule has 0 radical (unpaired) electrons. The van der Waals surface area contributed by atoms with E-state index >= 15 is 0 Å². The van der Waals surface area contributed by atoms with E-state index in [0.29, 0.717) is 18.8 Å². The Bertz CT molecular complexity index is 961. The van der Waals surface area contributed by atoms with Gasteiger partial charge in [0.1, 0.15) is 12.2 Å². The van der Waals surface area contributed by atoms with Crippen LogP contribution in [0, 0.1) is 6.92 Å². The average molecular weight is 423 g/mol. The van der Waals surface area contributed by atoms with Crippen LogP contribution in [0.25, 0.3) is 5.57 Å². The first-order valence-corrected chi connectivity index (χ1v) is 10.5. The standard InChI is InChI=1S/C25H30N2O4/c1-18-16-21(20-12-14-27(15-13-20)24(29)31-25(2,3)4)10-11-22(18)26-23(28)30-17-19-8-6-5-7-9-19/h5-12,16H,13-15,17H2,1-4H3,(H,26,28). The molecule has 3 rings (SSSR count). The maximum absolute atomic E-state index is 12.2. The Kier molecular flexibility index (Phi) is 7.00. The molecule has 0 unspecified atom stereocenters. The van der Waals surface area contributed by atoms with Gasteiger partial charge in [-0.1, -0.05) is 42.5 Å². The van der Waals surface area contributed by atoms with Crippen LogP contribution in [0.3, 0.4) is 0 Å². The number of nitrogens with zero attached hydrogens (tertiary/aromatic N) is 1. The number of anilines is 1. The van der Waals surface area contributed by atoms with Crippen molar-refractivity contribution in [2.24, 2.45) is 0 Å². The minimum atomic E-state index is -0.497. The van der Waals surface area contributed by atoms with Gasteiger partial charge in [-0.3, -0.25) is 5.32 Å². The first-order chi connectivity index (χ1) is 14.7. The smallest absolute Gasteiger partial charge is 0.411 e. The molecule has 1 heterocycles. The summed E-state index contributed by atoms with van der Waals surface area (Å²) in [5.41, 5.74) is 4.38. The van der Waals surface area contributed by atoms with Crippen LogP contribution in [-0.4, -0.2) is 35.8 Å². The number of hydrogen-bond donors (Lipinski definition) is 1. The fourth-order valence-electron chi connectivity index (χ4n) is 3.30. The van der Waals surface area contributed by atoms with Gasteiger partial charge in [0.15, 0.2) is 0 Å². The van der Waals surface area contributed by atoms with Gasteiger partial charge in [0.2, 0.25) is 0 Å². The minimum Gasteiger partial charge on any atom is -0.444 e. The third-order valence-corrected chi connectivity index (χ3v) is 4.91. The topological polar surface area (TPSA) is 67.9 Å². The summed E-state index contributed by atoms with van der Waals surface area (Å²) in [4.78, 5) is 26.1. The molecule has 0 aliphatic carbocycles. The highest BCUT2D eigenvalue weighted by atomic mass is 16.6. The lowest BCUT2D eigenvalue weighted by atomic mass is 9.97. The van der Waals surface area contributed by atoms with Gasteiger partial charge >= 0.3 is 12.2 Å². The van der Waals surface area contributed by atoms with Gasteiger partial charge in [-0.15, -0.1) is 0 Å². The van der Waals surface area contributed by atoms with E-state index in [-0.39, 0.29) is 12.7 Å². The molecule has 0 fully saturated rings. The van der Waals surface area contributed by atoms with Crippen molar-refractivity contribution >= 4 is 23.4 Å². The van der Waals surface area contributed by atoms with Crippen molar-refractivity contribution < 1.29 is 19.1 Å². The van der Waals surface area contributed by atoms with E-state index < -0.39 is 11.7 Å². The number of amides is 2. The predicted molar refractivity (Wildman–Crippen MR) is 122 cm³/mol. The molecule has 0 saturated heterocycles. The Morgan fingerprint density at radius 2 is 1.84 bits per heavy atom. The normalized spacial score (nSPS) is 13.9. The van der Waals surface area contributed by atoms with Gasteiger partial charge in [0.05, 0.1) is 0 Å². The maximum atomic E-state index is 12.2. The van der Waals surface area contributed by atoms with Crippen molar-refractivity contribution in [1.29, 1.82) is 0 Å². The van der Waals surface area contributed by atoms with E-state index in [2.05, 4.69) is 11.4 Å². The Labute approximate surface area is 183 Å². The Morgan fingerprint density at radius 3 is 2.45 bits per heavy atom. The molecule has 164 valence electrons. The zero-order valence-corrected chi connectivity index (χ0v) is 18.6. The molecule has 1 aliphatic rings. The van der Waals surface area contributed by atoms with Gasteiger partial charge in [0.25, 0.3) is 0 Å². The lowest BCUT2D eigenvalue weighted by molar-refractivity contribution is 0.0270. The first kappa shape index (κ1) is 22.4. The Morgan fingerprint density at radius 1 is 1.10 bits per heavy atom. The molecule has 2 aromatic rings. The van der Waals surface area contributed by atoms with E-state index in [1.807, 2.05) is 76.2 Å². The van der Waals surface area contributed by atoms with Crippen LogP contribution in [0.5, 0.6) is 0 Å². The molecule has 0 atom stereocenters. The molecule has 6 nitrogen and oxygen atoms in total. The summed E-state index contributed by atoms with van der Waals surface area (Å²) in [7, 11) is 0. The number of carbonyl (C=O) groups is 2. The van der Waals surface area contributed by atoms with Crippen molar-refractivity contribution in [3.05, 3.63) is 71.3 Å². The van der Waals surface area contributed by atoms with E-state index in [9.17, 15) is 9.59 Å². The Hall–Kier alpha value is -3.28. The lowest BCUT2D eigenvalue weighted by Crippen LogP contribution is -2.39. The van der Waals surface area contributed by atoms with E-state index in [4.69, 9.17) is 9.47 Å². The van der Waals surface area contributed by atoms with E-state index in [1.165, 1.54) is 5.57 Å². The molecule has 31 heavy (non-hydrogen) atoms. The number of ether oxygens (including phenoxy) is 2. The van der Waals surface area contributed by atoms with Crippen molar-refractivity contribution in [2.75, 3.05) is 18.4 Å². The molecular weight excluding hydrogens is 392 g/mol. The molecular formula is C25H30N2O4. The highest BCUT2D eigenvalue weighted by Gasteiger charge is 2.24. The van der Waals surface area contributed by atoms with Gasteiger partial charge in [-0.25, -0.2) is 9.59 Å². The third-order valence-electron chi connectivity index (χ3n) is 4.91. The summed E-state index contributed by atoms with van der Waals surface area (Å²) in [5.74, 6) is 0. The van der Waals surface area contributed by atoms with Crippen molar-refractivity contribution in [1.82, 2.24) is 4.90 Å². The summed E-state index contributed by atoms with van der Waals surface area (Å²) in [6.07, 6.45) is 2.05. The van der Waals surface area contributed by atoms with Gasteiger partial charge in [-0.05, 0) is 68.5 Å². The summed E-state index contributed by atoms with van der Waals surface area (Å²) in [6.45, 7) is 8.92. The zero-order valence-electron chi connectivity index (χ0n) is 18.6. The van der Waals surface area contributed by atoms with Crippen molar-refractivity contribution in [2.45, 2.75) is 46.3 Å².